The molecule has 0 aliphatic carbocycles. The Labute approximate surface area is 183 Å². The number of rotatable bonds is 3. The molecule has 3 heterocycles. The maximum Gasteiger partial charge on any atom is 0.226 e. The van der Waals surface area contributed by atoms with Gasteiger partial charge in [-0.05, 0) is 47.5 Å². The Bertz CT molecular complexity index is 1360. The molecule has 2 aliphatic rings. The monoisotopic (exact) mass is 426 g/mol. The summed E-state index contributed by atoms with van der Waals surface area (Å²) in [4.78, 5) is 4.43. The number of methoxy groups -OCH3 is 1. The van der Waals surface area contributed by atoms with Crippen molar-refractivity contribution in [3.8, 4) is 11.5 Å². The fraction of sp³-hybridized carbons (Fsp3) is 0.120. The molecule has 0 saturated heterocycles. The van der Waals surface area contributed by atoms with Gasteiger partial charge in [0, 0.05) is 11.1 Å². The van der Waals surface area contributed by atoms with Gasteiger partial charge in [-0.1, -0.05) is 36.4 Å². The Kier molecular flexibility index (Phi) is 4.21. The summed E-state index contributed by atoms with van der Waals surface area (Å²) < 4.78 is 28.0. The summed E-state index contributed by atoms with van der Waals surface area (Å²) in [6, 6.07) is 21.9. The molecule has 0 spiro atoms. The summed E-state index contributed by atoms with van der Waals surface area (Å²) in [5.41, 5.74) is 4.45. The predicted molar refractivity (Wildman–Crippen MR) is 118 cm³/mol. The summed E-state index contributed by atoms with van der Waals surface area (Å²) in [6.07, 6.45) is 1.01. The largest absolute Gasteiger partial charge is 0.497 e. The Morgan fingerprint density at radius 2 is 1.84 bits per heavy atom. The molecule has 6 rings (SSSR count). The number of para-hydroxylation sites is 1. The van der Waals surface area contributed by atoms with Gasteiger partial charge in [-0.15, -0.1) is 0 Å². The van der Waals surface area contributed by atoms with E-state index in [0.29, 0.717) is 5.95 Å². The molecule has 158 valence electrons. The molecule has 1 aromatic heterocycles. The average Bonchev–Trinajstić information content (AvgIpc) is 3.30. The van der Waals surface area contributed by atoms with E-state index in [0.717, 1.165) is 39.5 Å². The van der Waals surface area contributed by atoms with E-state index >= 15 is 0 Å². The molecule has 0 saturated carbocycles. The minimum absolute atomic E-state index is 0.310. The summed E-state index contributed by atoms with van der Waals surface area (Å²) in [6.45, 7) is 0. The van der Waals surface area contributed by atoms with Gasteiger partial charge in [0.25, 0.3) is 0 Å². The van der Waals surface area contributed by atoms with Crippen LogP contribution < -0.4 is 14.8 Å². The average molecular weight is 426 g/mol. The second-order valence-corrected chi connectivity index (χ2v) is 7.71. The van der Waals surface area contributed by atoms with Gasteiger partial charge in [0.15, 0.2) is 0 Å². The Hall–Kier alpha value is -4.13. The molecule has 6 nitrogen and oxygen atoms in total. The summed E-state index contributed by atoms with van der Waals surface area (Å²) in [7, 11) is 1.64. The first-order valence-corrected chi connectivity index (χ1v) is 10.3. The van der Waals surface area contributed by atoms with E-state index in [1.165, 1.54) is 18.5 Å². The standard InChI is InChI=1S/C25H19FN4O2/c1-31-18-9-5-6-15(13-18)23-21-22(29-25-27-14-28-30(23)25)19-10-2-3-11-20(19)32-24(21)16-7-4-8-17(26)12-16/h2-14,23-24H,1H3,(H,27,28,29)/t23-,24-/m0/s1. The van der Waals surface area contributed by atoms with E-state index in [1.807, 2.05) is 59.3 Å². The summed E-state index contributed by atoms with van der Waals surface area (Å²) in [5.74, 6) is 1.79. The lowest BCUT2D eigenvalue weighted by Crippen LogP contribution is -2.32. The van der Waals surface area contributed by atoms with Gasteiger partial charge in [-0.3, -0.25) is 0 Å². The van der Waals surface area contributed by atoms with Crippen LogP contribution in [0.15, 0.2) is 84.7 Å². The summed E-state index contributed by atoms with van der Waals surface area (Å²) >= 11 is 0. The van der Waals surface area contributed by atoms with Gasteiger partial charge < -0.3 is 14.8 Å². The number of fused-ring (bicyclic) bond motifs is 3. The highest BCUT2D eigenvalue weighted by molar-refractivity contribution is 5.85. The van der Waals surface area contributed by atoms with E-state index < -0.39 is 6.10 Å². The molecular formula is C25H19FN4O2. The molecule has 2 atom stereocenters. The van der Waals surface area contributed by atoms with Crippen LogP contribution in [0.1, 0.15) is 28.8 Å². The van der Waals surface area contributed by atoms with Crippen LogP contribution >= 0.6 is 0 Å². The minimum atomic E-state index is -0.517. The number of hydrogen-bond donors (Lipinski definition) is 1. The van der Waals surface area contributed by atoms with Gasteiger partial charge in [0.1, 0.15) is 35.8 Å². The zero-order valence-electron chi connectivity index (χ0n) is 17.2. The number of anilines is 1. The van der Waals surface area contributed by atoms with Crippen molar-refractivity contribution in [1.82, 2.24) is 14.8 Å². The third-order valence-electron chi connectivity index (χ3n) is 5.88. The highest BCUT2D eigenvalue weighted by Gasteiger charge is 2.41. The normalized spacial score (nSPS) is 18.7. The fourth-order valence-corrected chi connectivity index (χ4v) is 4.49. The first kappa shape index (κ1) is 18.6. The molecule has 2 aliphatic heterocycles. The minimum Gasteiger partial charge on any atom is -0.497 e. The highest BCUT2D eigenvalue weighted by atomic mass is 19.1. The molecule has 1 N–H and O–H groups in total. The van der Waals surface area contributed by atoms with Crippen LogP contribution in [0.3, 0.4) is 0 Å². The Morgan fingerprint density at radius 1 is 1.00 bits per heavy atom. The van der Waals surface area contributed by atoms with Crippen molar-refractivity contribution in [2.24, 2.45) is 0 Å². The van der Waals surface area contributed by atoms with Gasteiger partial charge in [-0.2, -0.15) is 10.1 Å². The van der Waals surface area contributed by atoms with E-state index in [4.69, 9.17) is 9.47 Å². The number of aromatic nitrogens is 3. The molecule has 4 aromatic rings. The molecule has 0 fully saturated rings. The molecule has 0 bridgehead atoms. The van der Waals surface area contributed by atoms with Crippen molar-refractivity contribution in [3.05, 3.63) is 107 Å². The van der Waals surface area contributed by atoms with Crippen LogP contribution in [-0.4, -0.2) is 21.9 Å². The molecule has 0 amide bonds. The van der Waals surface area contributed by atoms with E-state index in [-0.39, 0.29) is 11.9 Å². The third-order valence-corrected chi connectivity index (χ3v) is 5.88. The second-order valence-electron chi connectivity index (χ2n) is 7.71. The second kappa shape index (κ2) is 7.23. The lowest BCUT2D eigenvalue weighted by atomic mass is 9.84. The first-order chi connectivity index (χ1) is 15.7. The van der Waals surface area contributed by atoms with Crippen molar-refractivity contribution < 1.29 is 13.9 Å². The van der Waals surface area contributed by atoms with Crippen molar-refractivity contribution in [3.63, 3.8) is 0 Å². The third kappa shape index (κ3) is 2.85. The Balaban J connectivity index is 1.63. The van der Waals surface area contributed by atoms with Gasteiger partial charge in [-0.25, -0.2) is 9.07 Å². The number of benzene rings is 3. The lowest BCUT2D eigenvalue weighted by Gasteiger charge is -2.39. The lowest BCUT2D eigenvalue weighted by molar-refractivity contribution is 0.222. The number of nitrogens with one attached hydrogen (secondary N) is 1. The zero-order chi connectivity index (χ0) is 21.7. The molecule has 7 heteroatoms. The van der Waals surface area contributed by atoms with Crippen molar-refractivity contribution in [2.75, 3.05) is 12.4 Å². The zero-order valence-corrected chi connectivity index (χ0v) is 17.2. The van der Waals surface area contributed by atoms with Crippen LogP contribution in [0.5, 0.6) is 11.5 Å². The van der Waals surface area contributed by atoms with Crippen LogP contribution in [-0.2, 0) is 0 Å². The van der Waals surface area contributed by atoms with Crippen molar-refractivity contribution >= 4 is 11.6 Å². The van der Waals surface area contributed by atoms with E-state index in [2.05, 4.69) is 15.4 Å². The van der Waals surface area contributed by atoms with Crippen LogP contribution in [0, 0.1) is 5.82 Å². The maximum absolute atomic E-state index is 14.2. The number of hydrogen-bond acceptors (Lipinski definition) is 5. The quantitative estimate of drug-likeness (QED) is 0.500. The van der Waals surface area contributed by atoms with Gasteiger partial charge in [0.05, 0.1) is 12.8 Å². The molecular weight excluding hydrogens is 407 g/mol. The van der Waals surface area contributed by atoms with Crippen molar-refractivity contribution in [1.29, 1.82) is 0 Å². The van der Waals surface area contributed by atoms with E-state index in [1.54, 1.807) is 13.2 Å². The van der Waals surface area contributed by atoms with E-state index in [9.17, 15) is 4.39 Å². The number of nitrogens with zero attached hydrogens (tertiary/aromatic N) is 3. The van der Waals surface area contributed by atoms with Gasteiger partial charge in [0.2, 0.25) is 5.95 Å². The molecule has 3 aromatic carbocycles. The molecule has 0 radical (unpaired) electrons. The molecule has 0 unspecified atom stereocenters. The highest BCUT2D eigenvalue weighted by Crippen LogP contribution is 2.50. The predicted octanol–water partition coefficient (Wildman–Crippen LogP) is 4.99. The fourth-order valence-electron chi connectivity index (χ4n) is 4.49. The number of halogens is 1. The Morgan fingerprint density at radius 3 is 2.72 bits per heavy atom. The number of ether oxygens (including phenoxy) is 2. The maximum atomic E-state index is 14.2. The smallest absolute Gasteiger partial charge is 0.226 e. The van der Waals surface area contributed by atoms with Crippen LogP contribution in [0.4, 0.5) is 10.3 Å². The van der Waals surface area contributed by atoms with Gasteiger partial charge >= 0.3 is 0 Å². The van der Waals surface area contributed by atoms with Crippen molar-refractivity contribution in [2.45, 2.75) is 12.1 Å². The van der Waals surface area contributed by atoms with Crippen LogP contribution in [0.25, 0.3) is 5.70 Å². The summed E-state index contributed by atoms with van der Waals surface area (Å²) in [5, 5.41) is 7.94. The topological polar surface area (TPSA) is 61.2 Å². The first-order valence-electron chi connectivity index (χ1n) is 10.3. The SMILES string of the molecule is COc1cccc([C@H]2C3=C(Nc4ncnn42)c2ccccc2O[C@H]3c2cccc(F)c2)c1. The molecule has 32 heavy (non-hydrogen) atoms. The van der Waals surface area contributed by atoms with Crippen LogP contribution in [0.2, 0.25) is 0 Å².